The minimum absolute atomic E-state index is 0.0825. The van der Waals surface area contributed by atoms with E-state index in [1.54, 1.807) is 19.2 Å². The topological polar surface area (TPSA) is 77.2 Å². The number of pyridine rings is 1. The van der Waals surface area contributed by atoms with Crippen LogP contribution in [0.1, 0.15) is 35.3 Å². The molecule has 5 heteroatoms. The summed E-state index contributed by atoms with van der Waals surface area (Å²) in [6, 6.07) is 3.36. The SMILES string of the molecule is COCCC1(CNC(=O)c2cc(C)nc(N)c2)CC1. The molecule has 3 N–H and O–H groups in total. The van der Waals surface area contributed by atoms with Gasteiger partial charge in [0.2, 0.25) is 0 Å². The highest BCUT2D eigenvalue weighted by molar-refractivity contribution is 5.94. The van der Waals surface area contributed by atoms with Crippen LogP contribution in [0.3, 0.4) is 0 Å². The number of carbonyl (C=O) groups is 1. The molecule has 0 bridgehead atoms. The van der Waals surface area contributed by atoms with E-state index in [2.05, 4.69) is 10.3 Å². The van der Waals surface area contributed by atoms with Crippen LogP contribution in [0.4, 0.5) is 5.82 Å². The molecular weight excluding hydrogens is 242 g/mol. The van der Waals surface area contributed by atoms with Gasteiger partial charge in [0, 0.05) is 31.5 Å². The molecule has 1 saturated carbocycles. The summed E-state index contributed by atoms with van der Waals surface area (Å²) in [4.78, 5) is 16.1. The van der Waals surface area contributed by atoms with Crippen molar-refractivity contribution in [3.8, 4) is 0 Å². The summed E-state index contributed by atoms with van der Waals surface area (Å²) in [5, 5.41) is 2.99. The minimum Gasteiger partial charge on any atom is -0.385 e. The molecule has 1 heterocycles. The van der Waals surface area contributed by atoms with Crippen LogP contribution < -0.4 is 11.1 Å². The number of carbonyl (C=O) groups excluding carboxylic acids is 1. The molecule has 0 unspecified atom stereocenters. The maximum absolute atomic E-state index is 12.1. The van der Waals surface area contributed by atoms with E-state index in [9.17, 15) is 4.79 Å². The number of amides is 1. The van der Waals surface area contributed by atoms with Crippen LogP contribution >= 0.6 is 0 Å². The number of nitrogens with zero attached hydrogens (tertiary/aromatic N) is 1. The first-order valence-electron chi connectivity index (χ1n) is 6.56. The van der Waals surface area contributed by atoms with Crippen molar-refractivity contribution in [1.82, 2.24) is 10.3 Å². The number of hydrogen-bond donors (Lipinski definition) is 2. The van der Waals surface area contributed by atoms with Gasteiger partial charge in [-0.15, -0.1) is 0 Å². The van der Waals surface area contributed by atoms with E-state index in [1.165, 1.54) is 0 Å². The Labute approximate surface area is 113 Å². The van der Waals surface area contributed by atoms with Gasteiger partial charge in [-0.1, -0.05) is 0 Å². The number of nitrogens with two attached hydrogens (primary N) is 1. The molecule has 1 aliphatic carbocycles. The molecule has 0 aliphatic heterocycles. The summed E-state index contributed by atoms with van der Waals surface area (Å²) in [7, 11) is 1.71. The lowest BCUT2D eigenvalue weighted by Crippen LogP contribution is -2.31. The monoisotopic (exact) mass is 263 g/mol. The Balaban J connectivity index is 1.91. The number of nitrogens with one attached hydrogen (secondary N) is 1. The third-order valence-corrected chi connectivity index (χ3v) is 3.65. The molecule has 0 radical (unpaired) electrons. The Bertz CT molecular complexity index is 450. The number of ether oxygens (including phenoxy) is 1. The van der Waals surface area contributed by atoms with Crippen LogP contribution in [0.2, 0.25) is 0 Å². The number of methoxy groups -OCH3 is 1. The summed E-state index contributed by atoms with van der Waals surface area (Å²) in [6.45, 7) is 3.28. The third-order valence-electron chi connectivity index (χ3n) is 3.65. The van der Waals surface area contributed by atoms with Crippen molar-refractivity contribution in [3.63, 3.8) is 0 Å². The van der Waals surface area contributed by atoms with Crippen molar-refractivity contribution in [3.05, 3.63) is 23.4 Å². The van der Waals surface area contributed by atoms with Gasteiger partial charge in [0.05, 0.1) is 0 Å². The van der Waals surface area contributed by atoms with Gasteiger partial charge in [-0.05, 0) is 43.7 Å². The molecule has 5 nitrogen and oxygen atoms in total. The zero-order valence-corrected chi connectivity index (χ0v) is 11.5. The minimum atomic E-state index is -0.0825. The molecule has 0 atom stereocenters. The average Bonchev–Trinajstić information content (AvgIpc) is 3.13. The second-order valence-electron chi connectivity index (χ2n) is 5.35. The number of anilines is 1. The fourth-order valence-corrected chi connectivity index (χ4v) is 2.21. The highest BCUT2D eigenvalue weighted by atomic mass is 16.5. The normalized spacial score (nSPS) is 16.1. The number of rotatable bonds is 6. The lowest BCUT2D eigenvalue weighted by atomic mass is 10.0. The van der Waals surface area contributed by atoms with Crippen molar-refractivity contribution in [1.29, 1.82) is 0 Å². The molecule has 104 valence electrons. The maximum Gasteiger partial charge on any atom is 0.251 e. The Morgan fingerprint density at radius 2 is 2.26 bits per heavy atom. The Morgan fingerprint density at radius 3 is 2.84 bits per heavy atom. The van der Waals surface area contributed by atoms with Gasteiger partial charge >= 0.3 is 0 Å². The average molecular weight is 263 g/mol. The van der Waals surface area contributed by atoms with Crippen molar-refractivity contribution in [2.45, 2.75) is 26.2 Å². The molecule has 2 rings (SSSR count). The first kappa shape index (κ1) is 13.8. The predicted octanol–water partition coefficient (Wildman–Crippen LogP) is 1.52. The Hall–Kier alpha value is -1.62. The van der Waals surface area contributed by atoms with Gasteiger partial charge in [-0.25, -0.2) is 4.98 Å². The lowest BCUT2D eigenvalue weighted by molar-refractivity contribution is 0.0938. The summed E-state index contributed by atoms with van der Waals surface area (Å²) >= 11 is 0. The first-order chi connectivity index (χ1) is 9.04. The fraction of sp³-hybridized carbons (Fsp3) is 0.571. The summed E-state index contributed by atoms with van der Waals surface area (Å²) < 4.78 is 5.10. The molecule has 1 amide bonds. The van der Waals surface area contributed by atoms with Crippen LogP contribution in [0.5, 0.6) is 0 Å². The Morgan fingerprint density at radius 1 is 1.53 bits per heavy atom. The number of aromatic nitrogens is 1. The second kappa shape index (κ2) is 5.57. The van der Waals surface area contributed by atoms with E-state index in [1.807, 2.05) is 6.92 Å². The van der Waals surface area contributed by atoms with Gasteiger partial charge in [0.1, 0.15) is 5.82 Å². The Kier molecular flexibility index (Phi) is 4.04. The van der Waals surface area contributed by atoms with Crippen LogP contribution in [-0.4, -0.2) is 31.2 Å². The molecule has 0 spiro atoms. The standard InChI is InChI=1S/C14H21N3O2/c1-10-7-11(8-12(15)17-10)13(18)16-9-14(3-4-14)5-6-19-2/h7-8H,3-6,9H2,1-2H3,(H2,15,17)(H,16,18). The molecule has 1 aliphatic rings. The van der Waals surface area contributed by atoms with E-state index in [0.29, 0.717) is 17.9 Å². The quantitative estimate of drug-likeness (QED) is 0.815. The van der Waals surface area contributed by atoms with Crippen molar-refractivity contribution in [2.75, 3.05) is 26.0 Å². The lowest BCUT2D eigenvalue weighted by Gasteiger charge is -2.15. The fourth-order valence-electron chi connectivity index (χ4n) is 2.21. The van der Waals surface area contributed by atoms with E-state index < -0.39 is 0 Å². The van der Waals surface area contributed by atoms with Gasteiger partial charge in [0.25, 0.3) is 5.91 Å². The molecule has 0 aromatic carbocycles. The molecule has 1 aromatic rings. The third kappa shape index (κ3) is 3.67. The number of nitrogen functional groups attached to an aromatic ring is 1. The molecule has 19 heavy (non-hydrogen) atoms. The van der Waals surface area contributed by atoms with Crippen LogP contribution in [-0.2, 0) is 4.74 Å². The van der Waals surface area contributed by atoms with E-state index >= 15 is 0 Å². The summed E-state index contributed by atoms with van der Waals surface area (Å²) in [6.07, 6.45) is 3.32. The maximum atomic E-state index is 12.1. The van der Waals surface area contributed by atoms with Crippen molar-refractivity contribution >= 4 is 11.7 Å². The molecule has 0 saturated heterocycles. The van der Waals surface area contributed by atoms with Gasteiger partial charge in [0.15, 0.2) is 0 Å². The van der Waals surface area contributed by atoms with Gasteiger partial charge in [-0.2, -0.15) is 0 Å². The second-order valence-corrected chi connectivity index (χ2v) is 5.35. The summed E-state index contributed by atoms with van der Waals surface area (Å²) in [5.41, 5.74) is 7.23. The highest BCUT2D eigenvalue weighted by Crippen LogP contribution is 2.48. The number of aryl methyl sites for hydroxylation is 1. The van der Waals surface area contributed by atoms with Crippen LogP contribution in [0.25, 0.3) is 0 Å². The summed E-state index contributed by atoms with van der Waals surface area (Å²) in [5.74, 6) is 0.298. The zero-order valence-electron chi connectivity index (χ0n) is 11.5. The van der Waals surface area contributed by atoms with Crippen LogP contribution in [0.15, 0.2) is 12.1 Å². The van der Waals surface area contributed by atoms with E-state index in [4.69, 9.17) is 10.5 Å². The van der Waals surface area contributed by atoms with Crippen LogP contribution in [0, 0.1) is 12.3 Å². The molecule has 1 aromatic heterocycles. The van der Waals surface area contributed by atoms with Crippen molar-refractivity contribution < 1.29 is 9.53 Å². The van der Waals surface area contributed by atoms with Gasteiger partial charge < -0.3 is 15.8 Å². The predicted molar refractivity (Wildman–Crippen MR) is 73.9 cm³/mol. The molecule has 1 fully saturated rings. The smallest absolute Gasteiger partial charge is 0.251 e. The highest BCUT2D eigenvalue weighted by Gasteiger charge is 2.42. The number of hydrogen-bond acceptors (Lipinski definition) is 4. The van der Waals surface area contributed by atoms with E-state index in [0.717, 1.165) is 31.6 Å². The zero-order chi connectivity index (χ0) is 13.9. The van der Waals surface area contributed by atoms with E-state index in [-0.39, 0.29) is 11.3 Å². The van der Waals surface area contributed by atoms with Gasteiger partial charge in [-0.3, -0.25) is 4.79 Å². The molecular formula is C14H21N3O2. The first-order valence-corrected chi connectivity index (χ1v) is 6.56. The van der Waals surface area contributed by atoms with Crippen molar-refractivity contribution in [2.24, 2.45) is 5.41 Å². The largest absolute Gasteiger partial charge is 0.385 e.